The number of rotatable bonds is 3. The number of fused-ring (bicyclic) bond motifs is 1. The van der Waals surface area contributed by atoms with Gasteiger partial charge in [-0.1, -0.05) is 20.4 Å². The van der Waals surface area contributed by atoms with Crippen molar-refractivity contribution in [3.8, 4) is 0 Å². The van der Waals surface area contributed by atoms with Crippen LogP contribution < -0.4 is 10.6 Å². The zero-order chi connectivity index (χ0) is 16.1. The summed E-state index contributed by atoms with van der Waals surface area (Å²) >= 11 is 0. The van der Waals surface area contributed by atoms with E-state index < -0.39 is 0 Å². The van der Waals surface area contributed by atoms with Crippen LogP contribution in [-0.4, -0.2) is 33.9 Å². The average molecular weight is 301 g/mol. The predicted molar refractivity (Wildman–Crippen MR) is 92.7 cm³/mol. The molecule has 1 atom stereocenters. The number of hydrogen-bond donors (Lipinski definition) is 2. The zero-order valence-corrected chi connectivity index (χ0v) is 14.1. The topological polar surface area (TPSA) is 54.8 Å². The summed E-state index contributed by atoms with van der Waals surface area (Å²) in [6.07, 6.45) is 2.38. The molecule has 3 heterocycles. The van der Waals surface area contributed by atoms with Crippen molar-refractivity contribution in [2.24, 2.45) is 7.05 Å². The Labute approximate surface area is 132 Å². The molecule has 0 saturated carbocycles. The summed E-state index contributed by atoms with van der Waals surface area (Å²) in [6, 6.07) is 4.53. The monoisotopic (exact) mass is 301 g/mol. The number of aryl methyl sites for hydroxylation is 2. The van der Waals surface area contributed by atoms with Crippen LogP contribution in [-0.2, 0) is 7.05 Å². The van der Waals surface area contributed by atoms with E-state index in [4.69, 9.17) is 0 Å². The fourth-order valence-corrected chi connectivity index (χ4v) is 2.74. The number of aromatic nitrogens is 3. The van der Waals surface area contributed by atoms with E-state index in [1.54, 1.807) is 0 Å². The van der Waals surface area contributed by atoms with Crippen molar-refractivity contribution >= 4 is 16.7 Å². The standard InChI is InChI=1S/C15H21N5.C2H6/c1-10-6-7-13-14(19-20(3)15(13)17-10)11(2)18-12-5-4-8-16-9-12;1-2/h6-7,12,16,18H,2,4-5,8-9H2,1,3H3;1-2H3. The fraction of sp³-hybridized carbons (Fsp3) is 0.529. The van der Waals surface area contributed by atoms with E-state index in [0.29, 0.717) is 6.04 Å². The molecule has 2 N–H and O–H groups in total. The summed E-state index contributed by atoms with van der Waals surface area (Å²) in [5, 5.41) is 12.5. The van der Waals surface area contributed by atoms with Crippen LogP contribution in [0, 0.1) is 6.92 Å². The van der Waals surface area contributed by atoms with Gasteiger partial charge in [0.2, 0.25) is 0 Å². The Bertz CT molecular complexity index is 638. The van der Waals surface area contributed by atoms with E-state index in [0.717, 1.165) is 41.2 Å². The molecular weight excluding hydrogens is 274 g/mol. The summed E-state index contributed by atoms with van der Waals surface area (Å²) in [5.74, 6) is 0. The molecule has 0 bridgehead atoms. The number of piperidine rings is 1. The second-order valence-corrected chi connectivity index (χ2v) is 5.46. The van der Waals surface area contributed by atoms with E-state index in [9.17, 15) is 0 Å². The predicted octanol–water partition coefficient (Wildman–Crippen LogP) is 2.62. The molecule has 1 unspecified atom stereocenters. The minimum Gasteiger partial charge on any atom is -0.380 e. The molecular formula is C17H27N5. The van der Waals surface area contributed by atoms with Gasteiger partial charge in [0, 0.05) is 30.7 Å². The number of hydrogen-bond acceptors (Lipinski definition) is 4. The Morgan fingerprint density at radius 3 is 2.86 bits per heavy atom. The first-order chi connectivity index (χ1) is 10.6. The zero-order valence-electron chi connectivity index (χ0n) is 14.1. The summed E-state index contributed by atoms with van der Waals surface area (Å²) in [7, 11) is 1.92. The third kappa shape index (κ3) is 3.47. The first-order valence-electron chi connectivity index (χ1n) is 8.12. The van der Waals surface area contributed by atoms with Gasteiger partial charge in [-0.05, 0) is 38.4 Å². The number of pyridine rings is 1. The van der Waals surface area contributed by atoms with Crippen molar-refractivity contribution in [3.63, 3.8) is 0 Å². The van der Waals surface area contributed by atoms with Gasteiger partial charge < -0.3 is 10.6 Å². The van der Waals surface area contributed by atoms with Gasteiger partial charge in [0.1, 0.15) is 5.69 Å². The van der Waals surface area contributed by atoms with E-state index in [2.05, 4.69) is 33.4 Å². The molecule has 0 amide bonds. The molecule has 1 fully saturated rings. The Morgan fingerprint density at radius 1 is 1.41 bits per heavy atom. The van der Waals surface area contributed by atoms with E-state index in [-0.39, 0.29) is 0 Å². The van der Waals surface area contributed by atoms with Gasteiger partial charge in [-0.25, -0.2) is 9.67 Å². The van der Waals surface area contributed by atoms with Crippen LogP contribution in [0.1, 0.15) is 38.1 Å². The molecule has 5 nitrogen and oxygen atoms in total. The molecule has 2 aromatic heterocycles. The highest BCUT2D eigenvalue weighted by atomic mass is 15.3. The summed E-state index contributed by atoms with van der Waals surface area (Å²) in [6.45, 7) is 12.3. The molecule has 0 spiro atoms. The highest BCUT2D eigenvalue weighted by Crippen LogP contribution is 2.21. The number of nitrogens with zero attached hydrogens (tertiary/aromatic N) is 3. The van der Waals surface area contributed by atoms with E-state index in [1.807, 2.05) is 38.6 Å². The number of nitrogens with one attached hydrogen (secondary N) is 2. The Kier molecular flexibility index (Phi) is 5.55. The van der Waals surface area contributed by atoms with Crippen molar-refractivity contribution in [1.82, 2.24) is 25.4 Å². The lowest BCUT2D eigenvalue weighted by atomic mass is 10.1. The van der Waals surface area contributed by atoms with Crippen LogP contribution in [0.25, 0.3) is 16.7 Å². The van der Waals surface area contributed by atoms with Gasteiger partial charge in [0.15, 0.2) is 5.65 Å². The second kappa shape index (κ2) is 7.40. The molecule has 0 aliphatic carbocycles. The van der Waals surface area contributed by atoms with Crippen LogP contribution in [0.3, 0.4) is 0 Å². The smallest absolute Gasteiger partial charge is 0.158 e. The quantitative estimate of drug-likeness (QED) is 0.915. The molecule has 2 aromatic rings. The molecule has 22 heavy (non-hydrogen) atoms. The van der Waals surface area contributed by atoms with Gasteiger partial charge in [0.25, 0.3) is 0 Å². The largest absolute Gasteiger partial charge is 0.380 e. The van der Waals surface area contributed by atoms with Crippen LogP contribution in [0.15, 0.2) is 18.7 Å². The minimum atomic E-state index is 0.437. The molecule has 120 valence electrons. The third-order valence-corrected chi connectivity index (χ3v) is 3.79. The van der Waals surface area contributed by atoms with E-state index >= 15 is 0 Å². The molecule has 0 aromatic carbocycles. The van der Waals surface area contributed by atoms with Crippen molar-refractivity contribution in [2.45, 2.75) is 39.7 Å². The highest BCUT2D eigenvalue weighted by molar-refractivity contribution is 5.87. The van der Waals surface area contributed by atoms with Crippen LogP contribution in [0.5, 0.6) is 0 Å². The van der Waals surface area contributed by atoms with Crippen LogP contribution >= 0.6 is 0 Å². The third-order valence-electron chi connectivity index (χ3n) is 3.79. The Hall–Kier alpha value is -1.88. The van der Waals surface area contributed by atoms with Gasteiger partial charge >= 0.3 is 0 Å². The molecule has 1 aliphatic heterocycles. The molecule has 5 heteroatoms. The summed E-state index contributed by atoms with van der Waals surface area (Å²) < 4.78 is 1.82. The van der Waals surface area contributed by atoms with Crippen molar-refractivity contribution in [2.75, 3.05) is 13.1 Å². The molecule has 1 saturated heterocycles. The molecule has 3 rings (SSSR count). The van der Waals surface area contributed by atoms with Gasteiger partial charge in [-0.3, -0.25) is 0 Å². The van der Waals surface area contributed by atoms with Crippen molar-refractivity contribution in [3.05, 3.63) is 30.1 Å². The average Bonchev–Trinajstić information content (AvgIpc) is 2.87. The van der Waals surface area contributed by atoms with Crippen LogP contribution in [0.2, 0.25) is 0 Å². The maximum Gasteiger partial charge on any atom is 0.158 e. The molecule has 0 radical (unpaired) electrons. The SMILES string of the molecule is C=C(NC1CCCNC1)c1nn(C)c2nc(C)ccc12.CC. The Morgan fingerprint density at radius 2 is 2.18 bits per heavy atom. The van der Waals surface area contributed by atoms with Gasteiger partial charge in [-0.2, -0.15) is 5.10 Å². The van der Waals surface area contributed by atoms with Crippen molar-refractivity contribution < 1.29 is 0 Å². The second-order valence-electron chi connectivity index (χ2n) is 5.46. The lowest BCUT2D eigenvalue weighted by molar-refractivity contribution is 0.426. The maximum absolute atomic E-state index is 4.57. The Balaban J connectivity index is 0.000000847. The highest BCUT2D eigenvalue weighted by Gasteiger charge is 2.17. The van der Waals surface area contributed by atoms with E-state index in [1.165, 1.54) is 12.8 Å². The molecule has 1 aliphatic rings. The lowest BCUT2D eigenvalue weighted by Gasteiger charge is -2.25. The van der Waals surface area contributed by atoms with Gasteiger partial charge in [-0.15, -0.1) is 0 Å². The minimum absolute atomic E-state index is 0.437. The fourth-order valence-electron chi connectivity index (χ4n) is 2.74. The lowest BCUT2D eigenvalue weighted by Crippen LogP contribution is -2.42. The van der Waals surface area contributed by atoms with Crippen LogP contribution in [0.4, 0.5) is 0 Å². The van der Waals surface area contributed by atoms with Gasteiger partial charge in [0.05, 0.1) is 5.70 Å². The maximum atomic E-state index is 4.57. The first-order valence-corrected chi connectivity index (χ1v) is 8.12. The first kappa shape index (κ1) is 16.5. The summed E-state index contributed by atoms with van der Waals surface area (Å²) in [4.78, 5) is 4.54. The van der Waals surface area contributed by atoms with Crippen molar-refractivity contribution in [1.29, 1.82) is 0 Å². The normalized spacial score (nSPS) is 17.7. The summed E-state index contributed by atoms with van der Waals surface area (Å²) in [5.41, 5.74) is 3.70.